The van der Waals surface area contributed by atoms with Crippen LogP contribution in [-0.4, -0.2) is 28.5 Å². The van der Waals surface area contributed by atoms with E-state index in [9.17, 15) is 9.59 Å². The minimum absolute atomic E-state index is 0.117. The summed E-state index contributed by atoms with van der Waals surface area (Å²) in [4.78, 5) is 34.1. The summed E-state index contributed by atoms with van der Waals surface area (Å²) < 4.78 is 2.17. The summed E-state index contributed by atoms with van der Waals surface area (Å²) in [6.07, 6.45) is 1.82. The zero-order valence-corrected chi connectivity index (χ0v) is 20.8. The van der Waals surface area contributed by atoms with Crippen molar-refractivity contribution < 1.29 is 4.79 Å². The molecule has 1 aliphatic rings. The molecule has 5 nitrogen and oxygen atoms in total. The quantitative estimate of drug-likeness (QED) is 0.521. The Morgan fingerprint density at radius 1 is 1.06 bits per heavy atom. The predicted molar refractivity (Wildman–Crippen MR) is 135 cm³/mol. The van der Waals surface area contributed by atoms with E-state index in [0.29, 0.717) is 43.7 Å². The van der Waals surface area contributed by atoms with Crippen molar-refractivity contribution in [3.63, 3.8) is 0 Å². The van der Waals surface area contributed by atoms with Gasteiger partial charge in [-0.15, -0.1) is 0 Å². The standard InChI is InChI=1S/C25H23Cl2N3O2S/c1-4-29(5-2)24(32)21-15(3)28-25-30(22(21)17-8-12-19(27)13-9-17)23(31)20(33-25)14-16-6-10-18(26)11-7-16/h6-14,22H,4-5H2,1-3H3/b20-14+/t22-/m0/s1. The molecule has 0 bridgehead atoms. The maximum atomic E-state index is 13.6. The smallest absolute Gasteiger partial charge is 0.271 e. The Morgan fingerprint density at radius 2 is 1.64 bits per heavy atom. The molecule has 3 aromatic rings. The van der Waals surface area contributed by atoms with Crippen LogP contribution in [0.2, 0.25) is 10.0 Å². The van der Waals surface area contributed by atoms with Gasteiger partial charge in [0.05, 0.1) is 21.8 Å². The molecule has 33 heavy (non-hydrogen) atoms. The average molecular weight is 500 g/mol. The van der Waals surface area contributed by atoms with E-state index in [1.807, 2.05) is 51.1 Å². The van der Waals surface area contributed by atoms with Crippen molar-refractivity contribution in [1.29, 1.82) is 0 Å². The van der Waals surface area contributed by atoms with E-state index in [4.69, 9.17) is 23.2 Å². The van der Waals surface area contributed by atoms with Crippen molar-refractivity contribution in [1.82, 2.24) is 9.47 Å². The van der Waals surface area contributed by atoms with E-state index in [-0.39, 0.29) is 11.5 Å². The topological polar surface area (TPSA) is 54.7 Å². The molecule has 0 saturated carbocycles. The molecule has 0 radical (unpaired) electrons. The largest absolute Gasteiger partial charge is 0.339 e. The zero-order valence-electron chi connectivity index (χ0n) is 18.5. The molecule has 0 aliphatic carbocycles. The Labute approximate surface area is 205 Å². The number of halogens is 2. The molecule has 0 fully saturated rings. The molecular weight excluding hydrogens is 477 g/mol. The first kappa shape index (κ1) is 23.5. The molecule has 4 rings (SSSR count). The highest BCUT2D eigenvalue weighted by atomic mass is 35.5. The number of amides is 1. The third kappa shape index (κ3) is 4.56. The summed E-state index contributed by atoms with van der Waals surface area (Å²) in [7, 11) is 0. The highest BCUT2D eigenvalue weighted by molar-refractivity contribution is 7.07. The second kappa shape index (κ2) is 9.67. The van der Waals surface area contributed by atoms with E-state index < -0.39 is 6.04 Å². The molecule has 1 aromatic heterocycles. The summed E-state index contributed by atoms with van der Waals surface area (Å²) in [5.41, 5.74) is 2.61. The van der Waals surface area contributed by atoms with Gasteiger partial charge in [0, 0.05) is 23.1 Å². The first-order valence-electron chi connectivity index (χ1n) is 10.7. The Morgan fingerprint density at radius 3 is 2.21 bits per heavy atom. The van der Waals surface area contributed by atoms with E-state index >= 15 is 0 Å². The lowest BCUT2D eigenvalue weighted by Gasteiger charge is -2.29. The fraction of sp³-hybridized carbons (Fsp3) is 0.240. The minimum atomic E-state index is -0.584. The van der Waals surface area contributed by atoms with Crippen LogP contribution in [0.3, 0.4) is 0 Å². The van der Waals surface area contributed by atoms with Crippen molar-refractivity contribution >= 4 is 46.5 Å². The third-order valence-corrected chi connectivity index (χ3v) is 7.14. The predicted octanol–water partition coefficient (Wildman–Crippen LogP) is 4.41. The maximum absolute atomic E-state index is 13.6. The molecular formula is C25H23Cl2N3O2S. The summed E-state index contributed by atoms with van der Waals surface area (Å²) in [6.45, 7) is 6.85. The van der Waals surface area contributed by atoms with Gasteiger partial charge in [0.15, 0.2) is 4.80 Å². The third-order valence-electron chi connectivity index (χ3n) is 5.66. The number of fused-ring (bicyclic) bond motifs is 1. The molecule has 0 saturated heterocycles. The number of thiazole rings is 1. The number of carbonyl (C=O) groups excluding carboxylic acids is 1. The molecule has 0 unspecified atom stereocenters. The van der Waals surface area contributed by atoms with E-state index in [0.717, 1.165) is 11.1 Å². The summed E-state index contributed by atoms with van der Waals surface area (Å²) in [5, 5.41) is 1.22. The normalized spacial score (nSPS) is 15.9. The van der Waals surface area contributed by atoms with Crippen LogP contribution in [-0.2, 0) is 4.79 Å². The van der Waals surface area contributed by atoms with Crippen LogP contribution in [0.4, 0.5) is 0 Å². The van der Waals surface area contributed by atoms with Crippen LogP contribution in [0.15, 0.2) is 69.6 Å². The molecule has 2 heterocycles. The van der Waals surface area contributed by atoms with Crippen molar-refractivity contribution in [2.24, 2.45) is 4.99 Å². The summed E-state index contributed by atoms with van der Waals surface area (Å²) >= 11 is 13.4. The number of rotatable bonds is 5. The molecule has 1 aliphatic heterocycles. The van der Waals surface area contributed by atoms with Gasteiger partial charge >= 0.3 is 0 Å². The molecule has 8 heteroatoms. The van der Waals surface area contributed by atoms with Gasteiger partial charge in [0.1, 0.15) is 0 Å². The van der Waals surface area contributed by atoms with E-state index in [1.54, 1.807) is 33.7 Å². The molecule has 170 valence electrons. The summed E-state index contributed by atoms with van der Waals surface area (Å²) in [6, 6.07) is 14.0. The molecule has 1 amide bonds. The van der Waals surface area contributed by atoms with Crippen LogP contribution >= 0.6 is 34.5 Å². The number of hydrogen-bond acceptors (Lipinski definition) is 4. The van der Waals surface area contributed by atoms with Crippen LogP contribution in [0.25, 0.3) is 6.08 Å². The van der Waals surface area contributed by atoms with Gasteiger partial charge in [-0.25, -0.2) is 4.99 Å². The fourth-order valence-corrected chi connectivity index (χ4v) is 5.25. The van der Waals surface area contributed by atoms with Crippen LogP contribution < -0.4 is 14.9 Å². The minimum Gasteiger partial charge on any atom is -0.339 e. The van der Waals surface area contributed by atoms with Gasteiger partial charge in [0.2, 0.25) is 0 Å². The number of aromatic nitrogens is 1. The Hall–Kier alpha value is -2.67. The number of hydrogen-bond donors (Lipinski definition) is 0. The van der Waals surface area contributed by atoms with Crippen LogP contribution in [0.1, 0.15) is 37.9 Å². The van der Waals surface area contributed by atoms with Crippen molar-refractivity contribution in [2.45, 2.75) is 26.8 Å². The summed E-state index contributed by atoms with van der Waals surface area (Å²) in [5.74, 6) is -0.117. The van der Waals surface area contributed by atoms with Gasteiger partial charge in [-0.1, -0.05) is 58.8 Å². The van der Waals surface area contributed by atoms with E-state index in [2.05, 4.69) is 4.99 Å². The van der Waals surface area contributed by atoms with Crippen molar-refractivity contribution in [3.05, 3.63) is 101 Å². The maximum Gasteiger partial charge on any atom is 0.271 e. The van der Waals surface area contributed by atoms with Crippen LogP contribution in [0, 0.1) is 0 Å². The second-order valence-electron chi connectivity index (χ2n) is 7.66. The fourth-order valence-electron chi connectivity index (χ4n) is 3.95. The molecule has 0 spiro atoms. The van der Waals surface area contributed by atoms with Gasteiger partial charge in [-0.3, -0.25) is 14.2 Å². The molecule has 0 N–H and O–H groups in total. The number of likely N-dealkylation sites (N-methyl/N-ethyl adjacent to an activating group) is 1. The number of benzene rings is 2. The lowest BCUT2D eigenvalue weighted by atomic mass is 9.94. The monoisotopic (exact) mass is 499 g/mol. The lowest BCUT2D eigenvalue weighted by Crippen LogP contribution is -2.43. The molecule has 2 aromatic carbocycles. The van der Waals surface area contributed by atoms with Gasteiger partial charge < -0.3 is 4.90 Å². The average Bonchev–Trinajstić information content (AvgIpc) is 3.10. The number of nitrogens with zero attached hydrogens (tertiary/aromatic N) is 3. The highest BCUT2D eigenvalue weighted by Gasteiger charge is 2.34. The Bertz CT molecular complexity index is 1400. The van der Waals surface area contributed by atoms with Gasteiger partial charge in [-0.2, -0.15) is 0 Å². The first-order valence-corrected chi connectivity index (χ1v) is 12.2. The SMILES string of the molecule is CCN(CC)C(=O)C1=C(C)N=c2s/c(=C/c3ccc(Cl)cc3)c(=O)n2[C@H]1c1ccc(Cl)cc1. The number of allylic oxidation sites excluding steroid dienone is 1. The van der Waals surface area contributed by atoms with Crippen molar-refractivity contribution in [2.75, 3.05) is 13.1 Å². The Balaban J connectivity index is 1.95. The number of carbonyl (C=O) groups is 1. The second-order valence-corrected chi connectivity index (χ2v) is 9.54. The first-order chi connectivity index (χ1) is 15.8. The highest BCUT2D eigenvalue weighted by Crippen LogP contribution is 2.31. The molecule has 1 atom stereocenters. The zero-order chi connectivity index (χ0) is 23.7. The van der Waals surface area contributed by atoms with Crippen molar-refractivity contribution in [3.8, 4) is 0 Å². The van der Waals surface area contributed by atoms with E-state index in [1.165, 1.54) is 11.3 Å². The van der Waals surface area contributed by atoms with Gasteiger partial charge in [-0.05, 0) is 62.2 Å². The Kier molecular flexibility index (Phi) is 6.88. The van der Waals surface area contributed by atoms with Gasteiger partial charge in [0.25, 0.3) is 11.5 Å². The lowest BCUT2D eigenvalue weighted by molar-refractivity contribution is -0.127. The van der Waals surface area contributed by atoms with Crippen LogP contribution in [0.5, 0.6) is 0 Å².